The summed E-state index contributed by atoms with van der Waals surface area (Å²) in [6.07, 6.45) is 0. The summed E-state index contributed by atoms with van der Waals surface area (Å²) in [6.45, 7) is 0.0824. The third-order valence-corrected chi connectivity index (χ3v) is 1.81. The minimum Gasteiger partial charge on any atom is -0.489 e. The van der Waals surface area contributed by atoms with Gasteiger partial charge < -0.3 is 17.7 Å². The van der Waals surface area contributed by atoms with Gasteiger partial charge in [0.25, 0.3) is 0 Å². The van der Waals surface area contributed by atoms with Gasteiger partial charge in [-0.05, 0) is 18.6 Å². The molecule has 0 unspecified atom stereocenters. The average Bonchev–Trinajstić information content (AvgIpc) is 2.12. The number of rotatable bonds is 4. The van der Waals surface area contributed by atoms with Crippen molar-refractivity contribution in [1.29, 1.82) is 0 Å². The van der Waals surface area contributed by atoms with E-state index in [2.05, 4.69) is 6.58 Å². The van der Waals surface area contributed by atoms with Crippen LogP contribution in [-0.2, 0) is 0 Å². The Morgan fingerprint density at radius 3 is 2.35 bits per heavy atom. The first-order valence-electron chi connectivity index (χ1n) is 4.57. The zero-order valence-corrected chi connectivity index (χ0v) is 12.8. The molecule has 0 N–H and O–H groups in total. The van der Waals surface area contributed by atoms with Crippen molar-refractivity contribution in [3.63, 3.8) is 0 Å². The van der Waals surface area contributed by atoms with Crippen LogP contribution in [-0.4, -0.2) is 13.6 Å². The van der Waals surface area contributed by atoms with E-state index in [0.717, 1.165) is 12.1 Å². The predicted octanol–water partition coefficient (Wildman–Crippen LogP) is -0.161. The standard InChI is InChI=1S/C10H10BF4O.K/c1-7(2)6-16-8-3-4-9(10(12)5-8)11(13,14)15;/h3-5H,1,6H2,2H3;/q-1;+1. The molecule has 17 heavy (non-hydrogen) atoms. The van der Waals surface area contributed by atoms with Gasteiger partial charge in [-0.25, -0.2) is 4.39 Å². The van der Waals surface area contributed by atoms with E-state index >= 15 is 0 Å². The largest absolute Gasteiger partial charge is 1.00 e. The van der Waals surface area contributed by atoms with Crippen LogP contribution in [0.3, 0.4) is 0 Å². The Hall–Kier alpha value is 0.181. The molecular formula is C10H10BF4KO. The average molecular weight is 272 g/mol. The fourth-order valence-corrected chi connectivity index (χ4v) is 1.07. The van der Waals surface area contributed by atoms with Gasteiger partial charge in [-0.15, -0.1) is 0 Å². The van der Waals surface area contributed by atoms with Gasteiger partial charge in [-0.2, -0.15) is 0 Å². The molecule has 7 heteroatoms. The molecule has 1 aromatic carbocycles. The first-order valence-corrected chi connectivity index (χ1v) is 4.57. The molecule has 0 aromatic heterocycles. The van der Waals surface area contributed by atoms with E-state index in [1.165, 1.54) is 0 Å². The minimum atomic E-state index is -5.32. The number of hydrogen-bond donors (Lipinski definition) is 0. The molecule has 0 aliphatic carbocycles. The Bertz CT molecular complexity index is 406. The molecule has 0 aliphatic heterocycles. The molecule has 0 saturated carbocycles. The van der Waals surface area contributed by atoms with Gasteiger partial charge in [0, 0.05) is 6.07 Å². The molecule has 0 radical (unpaired) electrons. The number of ether oxygens (including phenoxy) is 1. The molecule has 88 valence electrons. The Kier molecular flexibility index (Phi) is 7.01. The summed E-state index contributed by atoms with van der Waals surface area (Å²) >= 11 is 0. The third-order valence-electron chi connectivity index (χ3n) is 1.81. The van der Waals surface area contributed by atoms with Crippen LogP contribution in [0.15, 0.2) is 30.4 Å². The second-order valence-corrected chi connectivity index (χ2v) is 3.50. The molecule has 0 saturated heterocycles. The molecule has 0 aliphatic rings. The Labute approximate surface area is 140 Å². The topological polar surface area (TPSA) is 9.23 Å². The van der Waals surface area contributed by atoms with Gasteiger partial charge in [-0.3, -0.25) is 0 Å². The van der Waals surface area contributed by atoms with Crippen molar-refractivity contribution < 1.29 is 73.5 Å². The van der Waals surface area contributed by atoms with E-state index in [1.807, 2.05) is 0 Å². The van der Waals surface area contributed by atoms with Gasteiger partial charge in [-0.1, -0.05) is 18.1 Å². The van der Waals surface area contributed by atoms with Crippen molar-refractivity contribution in [3.05, 3.63) is 36.2 Å². The van der Waals surface area contributed by atoms with Crippen LogP contribution in [0.2, 0.25) is 0 Å². The maximum atomic E-state index is 13.1. The second kappa shape index (κ2) is 6.94. The van der Waals surface area contributed by atoms with Crippen molar-refractivity contribution in [1.82, 2.24) is 0 Å². The first-order chi connectivity index (χ1) is 7.30. The Morgan fingerprint density at radius 1 is 1.35 bits per heavy atom. The smallest absolute Gasteiger partial charge is 0.489 e. The summed E-state index contributed by atoms with van der Waals surface area (Å²) in [5.41, 5.74) is -0.535. The minimum absolute atomic E-state index is 0. The van der Waals surface area contributed by atoms with E-state index in [-0.39, 0.29) is 63.7 Å². The zero-order valence-electron chi connectivity index (χ0n) is 9.64. The molecule has 1 rings (SSSR count). The number of halogens is 4. The normalized spacial score (nSPS) is 10.6. The van der Waals surface area contributed by atoms with Crippen molar-refractivity contribution in [2.45, 2.75) is 6.92 Å². The van der Waals surface area contributed by atoms with Gasteiger partial charge in [0.05, 0.1) is 5.82 Å². The Morgan fingerprint density at radius 2 is 1.94 bits per heavy atom. The second-order valence-electron chi connectivity index (χ2n) is 3.50. The van der Waals surface area contributed by atoms with Crippen molar-refractivity contribution in [2.75, 3.05) is 6.61 Å². The molecule has 0 spiro atoms. The number of hydrogen-bond acceptors (Lipinski definition) is 1. The molecule has 0 atom stereocenters. The van der Waals surface area contributed by atoms with Crippen molar-refractivity contribution >= 4 is 12.4 Å². The molecule has 0 bridgehead atoms. The van der Waals surface area contributed by atoms with E-state index in [4.69, 9.17) is 4.74 Å². The van der Waals surface area contributed by atoms with Crippen LogP contribution in [0.1, 0.15) is 6.92 Å². The summed E-state index contributed by atoms with van der Waals surface area (Å²) in [5, 5.41) is 0. The molecule has 1 nitrogen and oxygen atoms in total. The SMILES string of the molecule is C=C(C)COc1ccc([B-](F)(F)F)c(F)c1.[K+]. The summed E-state index contributed by atoms with van der Waals surface area (Å²) in [4.78, 5) is 0. The molecule has 0 fully saturated rings. The summed E-state index contributed by atoms with van der Waals surface area (Å²) in [5.74, 6) is -1.25. The summed E-state index contributed by atoms with van der Waals surface area (Å²) in [7, 11) is 0. The van der Waals surface area contributed by atoms with Crippen LogP contribution in [0.5, 0.6) is 5.75 Å². The first kappa shape index (κ1) is 17.2. The van der Waals surface area contributed by atoms with Gasteiger partial charge in [0.2, 0.25) is 0 Å². The molecule has 0 heterocycles. The predicted molar refractivity (Wildman–Crippen MR) is 55.4 cm³/mol. The maximum absolute atomic E-state index is 13.1. The zero-order chi connectivity index (χ0) is 12.3. The fourth-order valence-electron chi connectivity index (χ4n) is 1.07. The van der Waals surface area contributed by atoms with Gasteiger partial charge in [0.1, 0.15) is 12.4 Å². The molecular weight excluding hydrogens is 262 g/mol. The monoisotopic (exact) mass is 272 g/mol. The van der Waals surface area contributed by atoms with Crippen LogP contribution < -0.4 is 61.6 Å². The van der Waals surface area contributed by atoms with E-state index < -0.39 is 18.3 Å². The quantitative estimate of drug-likeness (QED) is 0.420. The fraction of sp³-hybridized carbons (Fsp3) is 0.200. The van der Waals surface area contributed by atoms with E-state index in [1.54, 1.807) is 6.92 Å². The number of benzene rings is 1. The van der Waals surface area contributed by atoms with E-state index in [0.29, 0.717) is 11.6 Å². The van der Waals surface area contributed by atoms with Gasteiger partial charge >= 0.3 is 58.4 Å². The molecule has 1 aromatic rings. The third kappa shape index (κ3) is 5.57. The van der Waals surface area contributed by atoms with Crippen LogP contribution >= 0.6 is 0 Å². The summed E-state index contributed by atoms with van der Waals surface area (Å²) in [6, 6.07) is 2.51. The van der Waals surface area contributed by atoms with Crippen molar-refractivity contribution in [2.24, 2.45) is 0 Å². The summed E-state index contributed by atoms with van der Waals surface area (Å²) < 4.78 is 54.9. The van der Waals surface area contributed by atoms with Gasteiger partial charge in [0.15, 0.2) is 0 Å². The van der Waals surface area contributed by atoms with Crippen LogP contribution in [0, 0.1) is 5.82 Å². The Balaban J connectivity index is 0.00000256. The van der Waals surface area contributed by atoms with Crippen molar-refractivity contribution in [3.8, 4) is 5.75 Å². The van der Waals surface area contributed by atoms with Crippen LogP contribution in [0.25, 0.3) is 0 Å². The molecule has 0 amide bonds. The maximum Gasteiger partial charge on any atom is 1.00 e. The van der Waals surface area contributed by atoms with Crippen LogP contribution in [0.4, 0.5) is 17.3 Å². The van der Waals surface area contributed by atoms with E-state index in [9.17, 15) is 17.3 Å².